The summed E-state index contributed by atoms with van der Waals surface area (Å²) in [5.74, 6) is -1.01. The average Bonchev–Trinajstić information content (AvgIpc) is 2.59. The van der Waals surface area contributed by atoms with Crippen molar-refractivity contribution < 1.29 is 28.6 Å². The normalized spacial score (nSPS) is 12.1. The number of carbonyl (C=O) groups excluding carboxylic acids is 3. The zero-order chi connectivity index (χ0) is 19.2. The van der Waals surface area contributed by atoms with Gasteiger partial charge in [-0.25, -0.2) is 0 Å². The van der Waals surface area contributed by atoms with Crippen molar-refractivity contribution in [3.05, 3.63) is 0 Å². The number of esters is 3. The Morgan fingerprint density at radius 3 is 1.72 bits per heavy atom. The van der Waals surface area contributed by atoms with E-state index in [1.807, 2.05) is 18.7 Å². The van der Waals surface area contributed by atoms with Crippen LogP contribution in [0.2, 0.25) is 0 Å². The highest BCUT2D eigenvalue weighted by atomic mass is 16.5. The Morgan fingerprint density at radius 2 is 1.28 bits per heavy atom. The molecule has 0 saturated carbocycles. The Morgan fingerprint density at radius 1 is 0.800 bits per heavy atom. The first kappa shape index (κ1) is 23.4. The first-order chi connectivity index (χ1) is 11.8. The standard InChI is InChI=1S/C18H33NO6/c1-6-15(5)18(22)25-13-10-19(8-11-23-16(20)7-2)9-12-24-17(21)14(3)4/h14-15H,6-13H2,1-5H3. The molecule has 0 aliphatic carbocycles. The van der Waals surface area contributed by atoms with E-state index in [4.69, 9.17) is 14.2 Å². The van der Waals surface area contributed by atoms with Crippen molar-refractivity contribution in [2.24, 2.45) is 11.8 Å². The van der Waals surface area contributed by atoms with E-state index in [-0.39, 0.29) is 49.6 Å². The fourth-order valence-electron chi connectivity index (χ4n) is 1.75. The van der Waals surface area contributed by atoms with E-state index in [0.717, 1.165) is 6.42 Å². The van der Waals surface area contributed by atoms with Crippen molar-refractivity contribution in [1.82, 2.24) is 4.90 Å². The van der Waals surface area contributed by atoms with Crippen molar-refractivity contribution >= 4 is 17.9 Å². The van der Waals surface area contributed by atoms with E-state index in [1.54, 1.807) is 20.8 Å². The van der Waals surface area contributed by atoms with Crippen molar-refractivity contribution in [3.8, 4) is 0 Å². The SMILES string of the molecule is CCC(=O)OCCN(CCOC(=O)C(C)C)CCOC(=O)C(C)CC. The van der Waals surface area contributed by atoms with Crippen LogP contribution < -0.4 is 0 Å². The van der Waals surface area contributed by atoms with E-state index < -0.39 is 0 Å². The topological polar surface area (TPSA) is 82.1 Å². The van der Waals surface area contributed by atoms with Crippen LogP contribution in [0.5, 0.6) is 0 Å². The predicted octanol–water partition coefficient (Wildman–Crippen LogP) is 2.03. The molecule has 0 spiro atoms. The van der Waals surface area contributed by atoms with Crippen molar-refractivity contribution in [3.63, 3.8) is 0 Å². The second kappa shape index (κ2) is 13.6. The molecule has 0 radical (unpaired) electrons. The number of hydrogen-bond acceptors (Lipinski definition) is 7. The minimum atomic E-state index is -0.255. The number of nitrogens with zero attached hydrogens (tertiary/aromatic N) is 1. The smallest absolute Gasteiger partial charge is 0.308 e. The Hall–Kier alpha value is -1.63. The summed E-state index contributed by atoms with van der Waals surface area (Å²) in [5, 5.41) is 0. The van der Waals surface area contributed by atoms with Crippen LogP contribution in [0.4, 0.5) is 0 Å². The predicted molar refractivity (Wildman–Crippen MR) is 93.9 cm³/mol. The molecular weight excluding hydrogens is 326 g/mol. The summed E-state index contributed by atoms with van der Waals surface area (Å²) >= 11 is 0. The van der Waals surface area contributed by atoms with Crippen LogP contribution >= 0.6 is 0 Å². The van der Waals surface area contributed by atoms with Gasteiger partial charge in [0.15, 0.2) is 0 Å². The maximum Gasteiger partial charge on any atom is 0.308 e. The summed E-state index contributed by atoms with van der Waals surface area (Å²) in [7, 11) is 0. The first-order valence-electron chi connectivity index (χ1n) is 9.02. The number of ether oxygens (including phenoxy) is 3. The van der Waals surface area contributed by atoms with Crippen molar-refractivity contribution in [2.45, 2.75) is 47.5 Å². The zero-order valence-electron chi connectivity index (χ0n) is 16.2. The first-order valence-corrected chi connectivity index (χ1v) is 9.02. The van der Waals surface area contributed by atoms with Gasteiger partial charge in [0.05, 0.1) is 11.8 Å². The van der Waals surface area contributed by atoms with Crippen LogP contribution in [0.1, 0.15) is 47.5 Å². The molecule has 0 aromatic rings. The Bertz CT molecular complexity index is 410. The van der Waals surface area contributed by atoms with Crippen molar-refractivity contribution in [2.75, 3.05) is 39.5 Å². The van der Waals surface area contributed by atoms with Gasteiger partial charge < -0.3 is 14.2 Å². The van der Waals surface area contributed by atoms with Gasteiger partial charge in [-0.1, -0.05) is 34.6 Å². The molecule has 0 aliphatic rings. The second-order valence-electron chi connectivity index (χ2n) is 6.21. The number of rotatable bonds is 13. The van der Waals surface area contributed by atoms with E-state index >= 15 is 0 Å². The molecule has 146 valence electrons. The zero-order valence-corrected chi connectivity index (χ0v) is 16.2. The molecule has 0 fully saturated rings. The fraction of sp³-hybridized carbons (Fsp3) is 0.833. The highest BCUT2D eigenvalue weighted by Gasteiger charge is 2.14. The molecule has 0 aliphatic heterocycles. The Kier molecular flexibility index (Phi) is 12.7. The quantitative estimate of drug-likeness (QED) is 0.367. The Balaban J connectivity index is 4.29. The maximum atomic E-state index is 11.7. The molecule has 0 rings (SSSR count). The van der Waals surface area contributed by atoms with E-state index in [2.05, 4.69) is 0 Å². The molecule has 0 heterocycles. The minimum Gasteiger partial charge on any atom is -0.464 e. The van der Waals surface area contributed by atoms with Crippen LogP contribution in [0.25, 0.3) is 0 Å². The Labute approximate surface area is 151 Å². The van der Waals surface area contributed by atoms with E-state index in [1.165, 1.54) is 0 Å². The van der Waals surface area contributed by atoms with Gasteiger partial charge in [-0.05, 0) is 6.42 Å². The molecule has 0 bridgehead atoms. The fourth-order valence-corrected chi connectivity index (χ4v) is 1.75. The summed E-state index contributed by atoms with van der Waals surface area (Å²) in [6.45, 7) is 11.3. The third-order valence-corrected chi connectivity index (χ3v) is 3.75. The van der Waals surface area contributed by atoms with Gasteiger partial charge in [0, 0.05) is 26.1 Å². The van der Waals surface area contributed by atoms with Crippen LogP contribution in [0.3, 0.4) is 0 Å². The van der Waals surface area contributed by atoms with Gasteiger partial charge in [0.2, 0.25) is 0 Å². The molecule has 25 heavy (non-hydrogen) atoms. The maximum absolute atomic E-state index is 11.7. The van der Waals surface area contributed by atoms with Crippen LogP contribution in [0.15, 0.2) is 0 Å². The third-order valence-electron chi connectivity index (χ3n) is 3.75. The largest absolute Gasteiger partial charge is 0.464 e. The lowest BCUT2D eigenvalue weighted by Gasteiger charge is -2.22. The van der Waals surface area contributed by atoms with Gasteiger partial charge in [-0.15, -0.1) is 0 Å². The molecule has 1 atom stereocenters. The third kappa shape index (κ3) is 11.5. The molecule has 0 N–H and O–H groups in total. The van der Waals surface area contributed by atoms with E-state index in [0.29, 0.717) is 26.1 Å². The lowest BCUT2D eigenvalue weighted by Crippen LogP contribution is -2.35. The number of hydrogen-bond donors (Lipinski definition) is 0. The molecule has 0 aromatic carbocycles. The van der Waals surface area contributed by atoms with Gasteiger partial charge >= 0.3 is 17.9 Å². The highest BCUT2D eigenvalue weighted by molar-refractivity contribution is 5.72. The molecule has 0 saturated heterocycles. The van der Waals surface area contributed by atoms with Gasteiger partial charge in [-0.2, -0.15) is 0 Å². The van der Waals surface area contributed by atoms with Gasteiger partial charge in [-0.3, -0.25) is 19.3 Å². The van der Waals surface area contributed by atoms with Crippen LogP contribution in [-0.2, 0) is 28.6 Å². The molecule has 7 nitrogen and oxygen atoms in total. The van der Waals surface area contributed by atoms with Gasteiger partial charge in [0.25, 0.3) is 0 Å². The molecular formula is C18H33NO6. The summed E-state index contributed by atoms with van der Waals surface area (Å²) in [5.41, 5.74) is 0. The van der Waals surface area contributed by atoms with Crippen molar-refractivity contribution in [1.29, 1.82) is 0 Å². The van der Waals surface area contributed by atoms with Crippen LogP contribution in [0, 0.1) is 11.8 Å². The van der Waals surface area contributed by atoms with Crippen LogP contribution in [-0.4, -0.2) is 62.3 Å². The average molecular weight is 359 g/mol. The molecule has 0 amide bonds. The van der Waals surface area contributed by atoms with Gasteiger partial charge in [0.1, 0.15) is 19.8 Å². The highest BCUT2D eigenvalue weighted by Crippen LogP contribution is 2.03. The monoisotopic (exact) mass is 359 g/mol. The summed E-state index contributed by atoms with van der Waals surface area (Å²) in [6, 6.07) is 0. The summed E-state index contributed by atoms with van der Waals surface area (Å²) < 4.78 is 15.5. The summed E-state index contributed by atoms with van der Waals surface area (Å²) in [4.78, 5) is 36.3. The summed E-state index contributed by atoms with van der Waals surface area (Å²) in [6.07, 6.45) is 1.07. The number of carbonyl (C=O) groups is 3. The lowest BCUT2D eigenvalue weighted by molar-refractivity contribution is -0.148. The molecule has 1 unspecified atom stereocenters. The van der Waals surface area contributed by atoms with E-state index in [9.17, 15) is 14.4 Å². The molecule has 0 aromatic heterocycles. The minimum absolute atomic E-state index is 0.119. The second-order valence-corrected chi connectivity index (χ2v) is 6.21. The molecule has 7 heteroatoms. The lowest BCUT2D eigenvalue weighted by atomic mass is 10.1.